The smallest absolute Gasteiger partial charge is 0.398 e. The minimum absolute atomic E-state index is 0.0470. The van der Waals surface area contributed by atoms with Gasteiger partial charge in [-0.05, 0) is 31.0 Å². The molecule has 0 bridgehead atoms. The maximum Gasteiger partial charge on any atom is 0.416 e. The summed E-state index contributed by atoms with van der Waals surface area (Å²) in [4.78, 5) is 13.7. The Labute approximate surface area is 116 Å². The molecule has 0 fully saturated rings. The highest BCUT2D eigenvalue weighted by Crippen LogP contribution is 2.31. The first-order chi connectivity index (χ1) is 9.05. The van der Waals surface area contributed by atoms with Gasteiger partial charge in [-0.1, -0.05) is 13.8 Å². The monoisotopic (exact) mass is 288 g/mol. The van der Waals surface area contributed by atoms with Gasteiger partial charge in [0.25, 0.3) is 5.91 Å². The minimum Gasteiger partial charge on any atom is -0.398 e. The molecule has 2 N–H and O–H groups in total. The molecule has 1 amide bonds. The normalized spacial score (nSPS) is 13.4. The number of nitrogens with zero attached hydrogens (tertiary/aromatic N) is 1. The van der Waals surface area contributed by atoms with E-state index in [2.05, 4.69) is 0 Å². The van der Waals surface area contributed by atoms with Gasteiger partial charge in [0.2, 0.25) is 0 Å². The maximum atomic E-state index is 12.7. The summed E-state index contributed by atoms with van der Waals surface area (Å²) in [6, 6.07) is 2.69. The van der Waals surface area contributed by atoms with Crippen molar-refractivity contribution in [1.29, 1.82) is 0 Å². The summed E-state index contributed by atoms with van der Waals surface area (Å²) < 4.78 is 38.1. The molecule has 20 heavy (non-hydrogen) atoms. The first kappa shape index (κ1) is 16.3. The summed E-state index contributed by atoms with van der Waals surface area (Å²) in [7, 11) is 1.56. The van der Waals surface area contributed by atoms with E-state index in [1.54, 1.807) is 7.05 Å². The quantitative estimate of drug-likeness (QED) is 0.866. The highest BCUT2D eigenvalue weighted by Gasteiger charge is 2.32. The highest BCUT2D eigenvalue weighted by molar-refractivity contribution is 5.99. The molecule has 1 aromatic rings. The topological polar surface area (TPSA) is 46.3 Å². The number of nitrogen functional groups attached to an aromatic ring is 1. The van der Waals surface area contributed by atoms with Crippen molar-refractivity contribution < 1.29 is 18.0 Å². The second-order valence-corrected chi connectivity index (χ2v) is 5.20. The standard InChI is InChI=1S/C14H19F3N2O/c1-8(2)9(3)19(4)13(20)11-7-10(14(15,16)17)5-6-12(11)18/h5-9H,18H2,1-4H3. The van der Waals surface area contributed by atoms with Crippen LogP contribution < -0.4 is 5.73 Å². The van der Waals surface area contributed by atoms with Gasteiger partial charge in [-0.3, -0.25) is 4.79 Å². The summed E-state index contributed by atoms with van der Waals surface area (Å²) in [6.45, 7) is 5.71. The lowest BCUT2D eigenvalue weighted by atomic mass is 10.0. The van der Waals surface area contributed by atoms with Crippen molar-refractivity contribution in [3.63, 3.8) is 0 Å². The summed E-state index contributed by atoms with van der Waals surface area (Å²) in [5.74, 6) is -0.314. The van der Waals surface area contributed by atoms with Gasteiger partial charge in [-0.2, -0.15) is 13.2 Å². The van der Waals surface area contributed by atoms with Crippen molar-refractivity contribution in [2.24, 2.45) is 5.92 Å². The zero-order chi connectivity index (χ0) is 15.7. The Kier molecular flexibility index (Phi) is 4.68. The van der Waals surface area contributed by atoms with Crippen LogP contribution >= 0.6 is 0 Å². The molecule has 0 aliphatic carbocycles. The van der Waals surface area contributed by atoms with Crippen LogP contribution in [0.1, 0.15) is 36.7 Å². The number of anilines is 1. The molecule has 1 atom stereocenters. The van der Waals surface area contributed by atoms with Gasteiger partial charge in [0.15, 0.2) is 0 Å². The van der Waals surface area contributed by atoms with Crippen LogP contribution in [0.2, 0.25) is 0 Å². The van der Waals surface area contributed by atoms with Crippen LogP contribution in [-0.2, 0) is 6.18 Å². The van der Waals surface area contributed by atoms with E-state index in [0.29, 0.717) is 0 Å². The number of halogens is 3. The lowest BCUT2D eigenvalue weighted by molar-refractivity contribution is -0.137. The van der Waals surface area contributed by atoms with Crippen LogP contribution in [0.25, 0.3) is 0 Å². The van der Waals surface area contributed by atoms with E-state index in [1.165, 1.54) is 4.90 Å². The molecule has 0 saturated carbocycles. The van der Waals surface area contributed by atoms with Gasteiger partial charge < -0.3 is 10.6 Å². The van der Waals surface area contributed by atoms with E-state index in [-0.39, 0.29) is 23.2 Å². The second kappa shape index (κ2) is 5.73. The number of rotatable bonds is 3. The summed E-state index contributed by atoms with van der Waals surface area (Å²) in [5.41, 5.74) is 4.69. The predicted octanol–water partition coefficient (Wildman–Crippen LogP) is 3.40. The fraction of sp³-hybridized carbons (Fsp3) is 0.500. The molecule has 112 valence electrons. The lowest BCUT2D eigenvalue weighted by Gasteiger charge is -2.28. The number of nitrogens with two attached hydrogens (primary N) is 1. The Morgan fingerprint density at radius 3 is 2.25 bits per heavy atom. The molecule has 0 saturated heterocycles. The van der Waals surface area contributed by atoms with Crippen molar-refractivity contribution in [2.75, 3.05) is 12.8 Å². The van der Waals surface area contributed by atoms with Crippen LogP contribution in [-0.4, -0.2) is 23.9 Å². The average Bonchev–Trinajstić information content (AvgIpc) is 2.35. The minimum atomic E-state index is -4.50. The third-order valence-corrected chi connectivity index (χ3v) is 3.51. The second-order valence-electron chi connectivity index (χ2n) is 5.20. The Bertz CT molecular complexity index is 498. The Morgan fingerprint density at radius 1 is 1.25 bits per heavy atom. The van der Waals surface area contributed by atoms with Crippen LogP contribution in [0.4, 0.5) is 18.9 Å². The third kappa shape index (κ3) is 3.43. The van der Waals surface area contributed by atoms with Crippen molar-refractivity contribution in [3.05, 3.63) is 29.3 Å². The number of hydrogen-bond donors (Lipinski definition) is 1. The van der Waals surface area contributed by atoms with Crippen molar-refractivity contribution in [2.45, 2.75) is 33.0 Å². The number of amides is 1. The molecule has 1 unspecified atom stereocenters. The van der Waals surface area contributed by atoms with E-state index in [9.17, 15) is 18.0 Å². The summed E-state index contributed by atoms with van der Waals surface area (Å²) in [5, 5.41) is 0. The number of carbonyl (C=O) groups excluding carboxylic acids is 1. The Hall–Kier alpha value is -1.72. The van der Waals surface area contributed by atoms with Gasteiger partial charge in [0.1, 0.15) is 0 Å². The van der Waals surface area contributed by atoms with E-state index in [4.69, 9.17) is 5.73 Å². The van der Waals surface area contributed by atoms with Crippen LogP contribution in [0.15, 0.2) is 18.2 Å². The number of carbonyl (C=O) groups is 1. The van der Waals surface area contributed by atoms with Gasteiger partial charge in [0, 0.05) is 18.8 Å². The van der Waals surface area contributed by atoms with Crippen molar-refractivity contribution in [3.8, 4) is 0 Å². The SMILES string of the molecule is CC(C)C(C)N(C)C(=O)c1cc(C(F)(F)F)ccc1N. The average molecular weight is 288 g/mol. The van der Waals surface area contributed by atoms with Crippen LogP contribution in [0.3, 0.4) is 0 Å². The molecule has 0 aromatic heterocycles. The molecule has 0 heterocycles. The van der Waals surface area contributed by atoms with E-state index < -0.39 is 17.6 Å². The molecule has 3 nitrogen and oxygen atoms in total. The zero-order valence-electron chi connectivity index (χ0n) is 12.0. The maximum absolute atomic E-state index is 12.7. The van der Waals surface area contributed by atoms with E-state index >= 15 is 0 Å². The first-order valence-corrected chi connectivity index (χ1v) is 6.29. The number of hydrogen-bond acceptors (Lipinski definition) is 2. The van der Waals surface area contributed by atoms with Gasteiger partial charge in [-0.25, -0.2) is 0 Å². The summed E-state index contributed by atoms with van der Waals surface area (Å²) >= 11 is 0. The fourth-order valence-electron chi connectivity index (χ4n) is 1.74. The van der Waals surface area contributed by atoms with Crippen molar-refractivity contribution in [1.82, 2.24) is 4.90 Å². The molecular weight excluding hydrogens is 269 g/mol. The molecule has 0 radical (unpaired) electrons. The first-order valence-electron chi connectivity index (χ1n) is 6.29. The molecule has 0 aliphatic rings. The van der Waals surface area contributed by atoms with Crippen LogP contribution in [0.5, 0.6) is 0 Å². The fourth-order valence-corrected chi connectivity index (χ4v) is 1.74. The molecule has 6 heteroatoms. The molecular formula is C14H19F3N2O. The third-order valence-electron chi connectivity index (χ3n) is 3.51. The lowest BCUT2D eigenvalue weighted by Crippen LogP contribution is -2.38. The Balaban J connectivity index is 3.16. The molecule has 1 rings (SSSR count). The van der Waals surface area contributed by atoms with E-state index in [0.717, 1.165) is 18.2 Å². The predicted molar refractivity (Wildman–Crippen MR) is 72.2 cm³/mol. The van der Waals surface area contributed by atoms with Gasteiger partial charge in [-0.15, -0.1) is 0 Å². The highest BCUT2D eigenvalue weighted by atomic mass is 19.4. The van der Waals surface area contributed by atoms with E-state index in [1.807, 2.05) is 20.8 Å². The summed E-state index contributed by atoms with van der Waals surface area (Å²) in [6.07, 6.45) is -4.50. The van der Waals surface area contributed by atoms with Gasteiger partial charge in [0.05, 0.1) is 11.1 Å². The molecule has 1 aromatic carbocycles. The van der Waals surface area contributed by atoms with Gasteiger partial charge >= 0.3 is 6.18 Å². The number of alkyl halides is 3. The van der Waals surface area contributed by atoms with Crippen LogP contribution in [0, 0.1) is 5.92 Å². The van der Waals surface area contributed by atoms with Crippen molar-refractivity contribution >= 4 is 11.6 Å². The molecule has 0 spiro atoms. The number of benzene rings is 1. The Morgan fingerprint density at radius 2 is 1.80 bits per heavy atom. The molecule has 0 aliphatic heterocycles. The largest absolute Gasteiger partial charge is 0.416 e. The zero-order valence-corrected chi connectivity index (χ0v) is 12.0.